The summed E-state index contributed by atoms with van der Waals surface area (Å²) in [6, 6.07) is 0.559. The van der Waals surface area contributed by atoms with Crippen molar-refractivity contribution < 1.29 is 4.79 Å². The predicted molar refractivity (Wildman–Crippen MR) is 89.9 cm³/mol. The molecule has 0 bridgehead atoms. The van der Waals surface area contributed by atoms with Gasteiger partial charge in [0.2, 0.25) is 5.91 Å². The van der Waals surface area contributed by atoms with Crippen LogP contribution in [-0.4, -0.2) is 42.5 Å². The van der Waals surface area contributed by atoms with E-state index in [9.17, 15) is 4.79 Å². The first-order valence-electron chi connectivity index (χ1n) is 7.27. The van der Waals surface area contributed by atoms with Gasteiger partial charge in [-0.25, -0.2) is 0 Å². The van der Waals surface area contributed by atoms with Gasteiger partial charge in [0.05, 0.1) is 5.54 Å². The van der Waals surface area contributed by atoms with Gasteiger partial charge in [0.25, 0.3) is 0 Å². The molecule has 1 atom stereocenters. The van der Waals surface area contributed by atoms with E-state index in [2.05, 4.69) is 31.1 Å². The lowest BCUT2D eigenvalue weighted by Crippen LogP contribution is -2.55. The molecule has 0 aliphatic heterocycles. The fourth-order valence-electron chi connectivity index (χ4n) is 2.46. The van der Waals surface area contributed by atoms with Gasteiger partial charge in [-0.1, -0.05) is 26.2 Å². The first kappa shape index (κ1) is 22.3. The van der Waals surface area contributed by atoms with Crippen LogP contribution in [0.3, 0.4) is 0 Å². The SMILES string of the molecule is CCC(C)N(C)CCNC(=O)C1(N)CCCCC1.Cl.Cl. The Labute approximate surface area is 136 Å². The Bertz CT molecular complexity index is 271. The molecule has 1 rings (SSSR count). The summed E-state index contributed by atoms with van der Waals surface area (Å²) < 4.78 is 0. The number of carbonyl (C=O) groups excluding carboxylic acids is 1. The van der Waals surface area contributed by atoms with Gasteiger partial charge in [0.15, 0.2) is 0 Å². The van der Waals surface area contributed by atoms with Gasteiger partial charge in [0, 0.05) is 19.1 Å². The van der Waals surface area contributed by atoms with Crippen LogP contribution >= 0.6 is 24.8 Å². The molecule has 0 saturated heterocycles. The fourth-order valence-corrected chi connectivity index (χ4v) is 2.46. The fraction of sp³-hybridized carbons (Fsp3) is 0.929. The molecule has 1 fully saturated rings. The van der Waals surface area contributed by atoms with E-state index in [0.29, 0.717) is 12.6 Å². The number of nitrogens with two attached hydrogens (primary N) is 1. The monoisotopic (exact) mass is 327 g/mol. The number of likely N-dealkylation sites (N-methyl/N-ethyl adjacent to an activating group) is 1. The first-order chi connectivity index (χ1) is 8.49. The number of halogens is 2. The molecule has 1 amide bonds. The number of rotatable bonds is 6. The predicted octanol–water partition coefficient (Wildman–Crippen LogP) is 2.34. The summed E-state index contributed by atoms with van der Waals surface area (Å²) in [6.07, 6.45) is 6.17. The van der Waals surface area contributed by atoms with E-state index in [-0.39, 0.29) is 30.7 Å². The Morgan fingerprint density at radius 1 is 1.30 bits per heavy atom. The summed E-state index contributed by atoms with van der Waals surface area (Å²) in [7, 11) is 2.10. The van der Waals surface area contributed by atoms with E-state index in [1.165, 1.54) is 6.42 Å². The van der Waals surface area contributed by atoms with Crippen LogP contribution in [0.15, 0.2) is 0 Å². The molecule has 1 aliphatic carbocycles. The smallest absolute Gasteiger partial charge is 0.240 e. The van der Waals surface area contributed by atoms with Crippen molar-refractivity contribution in [2.24, 2.45) is 5.73 Å². The van der Waals surface area contributed by atoms with Crippen molar-refractivity contribution in [1.29, 1.82) is 0 Å². The lowest BCUT2D eigenvalue weighted by Gasteiger charge is -2.32. The van der Waals surface area contributed by atoms with Crippen LogP contribution in [0.5, 0.6) is 0 Å². The van der Waals surface area contributed by atoms with Gasteiger partial charge >= 0.3 is 0 Å². The van der Waals surface area contributed by atoms with Gasteiger partial charge in [-0.3, -0.25) is 4.79 Å². The Kier molecular flexibility index (Phi) is 11.9. The van der Waals surface area contributed by atoms with Crippen LogP contribution in [0.4, 0.5) is 0 Å². The van der Waals surface area contributed by atoms with Crippen molar-refractivity contribution >= 4 is 30.7 Å². The summed E-state index contributed by atoms with van der Waals surface area (Å²) in [5, 5.41) is 3.00. The molecule has 1 saturated carbocycles. The largest absolute Gasteiger partial charge is 0.353 e. The van der Waals surface area contributed by atoms with E-state index in [1.54, 1.807) is 0 Å². The molecule has 4 nitrogen and oxygen atoms in total. The lowest BCUT2D eigenvalue weighted by molar-refractivity contribution is -0.127. The Morgan fingerprint density at radius 3 is 2.35 bits per heavy atom. The van der Waals surface area contributed by atoms with E-state index in [4.69, 9.17) is 5.73 Å². The maximum absolute atomic E-state index is 12.1. The van der Waals surface area contributed by atoms with Gasteiger partial charge in [0.1, 0.15) is 0 Å². The zero-order valence-corrected chi connectivity index (χ0v) is 14.6. The molecule has 1 aliphatic rings. The second kappa shape index (κ2) is 10.7. The topological polar surface area (TPSA) is 58.4 Å². The molecule has 0 spiro atoms. The summed E-state index contributed by atoms with van der Waals surface area (Å²) in [5.74, 6) is 0.0414. The molecular weight excluding hydrogens is 297 g/mol. The third-order valence-corrected chi connectivity index (χ3v) is 4.29. The van der Waals surface area contributed by atoms with Crippen molar-refractivity contribution in [1.82, 2.24) is 10.2 Å². The molecule has 0 heterocycles. The highest BCUT2D eigenvalue weighted by Gasteiger charge is 2.34. The number of hydrogen-bond acceptors (Lipinski definition) is 3. The quantitative estimate of drug-likeness (QED) is 0.787. The van der Waals surface area contributed by atoms with Crippen molar-refractivity contribution in [2.45, 2.75) is 64.0 Å². The molecule has 6 heteroatoms. The van der Waals surface area contributed by atoms with E-state index >= 15 is 0 Å². The summed E-state index contributed by atoms with van der Waals surface area (Å²) >= 11 is 0. The minimum atomic E-state index is -0.604. The third-order valence-electron chi connectivity index (χ3n) is 4.29. The second-order valence-electron chi connectivity index (χ2n) is 5.71. The number of nitrogens with one attached hydrogen (secondary N) is 1. The van der Waals surface area contributed by atoms with Crippen molar-refractivity contribution in [3.63, 3.8) is 0 Å². The summed E-state index contributed by atoms with van der Waals surface area (Å²) in [4.78, 5) is 14.4. The van der Waals surface area contributed by atoms with Gasteiger partial charge in [-0.05, 0) is 33.2 Å². The Morgan fingerprint density at radius 2 is 1.85 bits per heavy atom. The maximum atomic E-state index is 12.1. The Balaban J connectivity index is 0. The number of nitrogens with zero attached hydrogens (tertiary/aromatic N) is 1. The average molecular weight is 328 g/mol. The highest BCUT2D eigenvalue weighted by molar-refractivity contribution is 5.86. The molecule has 1 unspecified atom stereocenters. The third kappa shape index (κ3) is 6.61. The molecule has 3 N–H and O–H groups in total. The number of amides is 1. The Hall–Kier alpha value is -0.0300. The second-order valence-corrected chi connectivity index (χ2v) is 5.71. The maximum Gasteiger partial charge on any atom is 0.240 e. The molecule has 0 radical (unpaired) electrons. The first-order valence-corrected chi connectivity index (χ1v) is 7.27. The van der Waals surface area contributed by atoms with Gasteiger partial charge in [-0.15, -0.1) is 24.8 Å². The van der Waals surface area contributed by atoms with E-state index < -0.39 is 5.54 Å². The zero-order chi connectivity index (χ0) is 13.6. The average Bonchev–Trinajstić information content (AvgIpc) is 2.38. The molecule has 0 aromatic heterocycles. The highest BCUT2D eigenvalue weighted by atomic mass is 35.5. The summed E-state index contributed by atoms with van der Waals surface area (Å²) in [6.45, 7) is 5.96. The standard InChI is InChI=1S/C14H29N3O.2ClH/c1-4-12(2)17(3)11-10-16-13(18)14(15)8-6-5-7-9-14;;/h12H,4-11,15H2,1-3H3,(H,16,18);2*1H. The van der Waals surface area contributed by atoms with Crippen molar-refractivity contribution in [3.05, 3.63) is 0 Å². The van der Waals surface area contributed by atoms with Gasteiger partial charge in [-0.2, -0.15) is 0 Å². The van der Waals surface area contributed by atoms with E-state index in [0.717, 1.165) is 38.6 Å². The minimum absolute atomic E-state index is 0. The van der Waals surface area contributed by atoms with Crippen LogP contribution in [0, 0.1) is 0 Å². The number of hydrogen-bond donors (Lipinski definition) is 2. The molecule has 0 aromatic rings. The van der Waals surface area contributed by atoms with E-state index in [1.807, 2.05) is 0 Å². The molecule has 20 heavy (non-hydrogen) atoms. The van der Waals surface area contributed by atoms with Crippen molar-refractivity contribution in [2.75, 3.05) is 20.1 Å². The van der Waals surface area contributed by atoms with Crippen LogP contribution in [-0.2, 0) is 4.79 Å². The normalized spacial score (nSPS) is 18.6. The van der Waals surface area contributed by atoms with Crippen LogP contribution < -0.4 is 11.1 Å². The molecule has 122 valence electrons. The van der Waals surface area contributed by atoms with Crippen LogP contribution in [0.1, 0.15) is 52.4 Å². The minimum Gasteiger partial charge on any atom is -0.353 e. The van der Waals surface area contributed by atoms with Gasteiger partial charge < -0.3 is 16.0 Å². The lowest BCUT2D eigenvalue weighted by atomic mass is 9.82. The molecular formula is C14H31Cl2N3O. The highest BCUT2D eigenvalue weighted by Crippen LogP contribution is 2.25. The van der Waals surface area contributed by atoms with Crippen LogP contribution in [0.2, 0.25) is 0 Å². The zero-order valence-electron chi connectivity index (χ0n) is 13.0. The molecule has 0 aromatic carbocycles. The number of carbonyl (C=O) groups is 1. The van der Waals surface area contributed by atoms with Crippen molar-refractivity contribution in [3.8, 4) is 0 Å². The summed E-state index contributed by atoms with van der Waals surface area (Å²) in [5.41, 5.74) is 5.58. The van der Waals surface area contributed by atoms with Crippen LogP contribution in [0.25, 0.3) is 0 Å².